The number of aromatic nitrogens is 1. The van der Waals surface area contributed by atoms with Crippen LogP contribution < -0.4 is 4.84 Å². The van der Waals surface area contributed by atoms with Gasteiger partial charge in [-0.1, -0.05) is 12.1 Å². The summed E-state index contributed by atoms with van der Waals surface area (Å²) in [5, 5.41) is 0.685. The lowest BCUT2D eigenvalue weighted by atomic mass is 10.0. The molecular weight excluding hydrogens is 376 g/mol. The molecule has 0 radical (unpaired) electrons. The number of hydrogen-bond acceptors (Lipinski definition) is 5. The molecule has 0 saturated heterocycles. The molecule has 0 N–H and O–H groups in total. The second-order valence-electron chi connectivity index (χ2n) is 5.24. The van der Waals surface area contributed by atoms with Crippen molar-refractivity contribution >= 4 is 38.6 Å². The molecule has 0 saturated carbocycles. The quantitative estimate of drug-likeness (QED) is 0.248. The van der Waals surface area contributed by atoms with Gasteiger partial charge in [-0.15, -0.1) is 0 Å². The Morgan fingerprint density at radius 2 is 2.04 bits per heavy atom. The van der Waals surface area contributed by atoms with Gasteiger partial charge in [-0.3, -0.25) is 4.79 Å². The molecule has 128 valence electrons. The zero-order chi connectivity index (χ0) is 17.9. The van der Waals surface area contributed by atoms with Crippen LogP contribution in [0.25, 0.3) is 10.9 Å². The molecule has 2 rings (SSSR count). The third kappa shape index (κ3) is 3.46. The van der Waals surface area contributed by atoms with Crippen LogP contribution in [0.4, 0.5) is 0 Å². The van der Waals surface area contributed by atoms with E-state index in [1.807, 2.05) is 12.1 Å². The number of carbonyl (C=O) groups is 2. The van der Waals surface area contributed by atoms with Gasteiger partial charge in [0.25, 0.3) is 0 Å². The van der Waals surface area contributed by atoms with Crippen LogP contribution in [0.3, 0.4) is 0 Å². The van der Waals surface area contributed by atoms with E-state index in [9.17, 15) is 9.59 Å². The highest BCUT2D eigenvalue weighted by atomic mass is 79.9. The Bertz CT molecular complexity index is 808. The Kier molecular flexibility index (Phi) is 5.66. The van der Waals surface area contributed by atoms with Crippen molar-refractivity contribution in [2.24, 2.45) is 0 Å². The van der Waals surface area contributed by atoms with E-state index in [-0.39, 0.29) is 12.2 Å². The van der Waals surface area contributed by atoms with Gasteiger partial charge in [-0.05, 0) is 28.9 Å². The number of esters is 1. The monoisotopic (exact) mass is 394 g/mol. The maximum atomic E-state index is 13.0. The van der Waals surface area contributed by atoms with Crippen LogP contribution in [-0.4, -0.2) is 49.2 Å². The average molecular weight is 395 g/mol. The molecule has 0 aliphatic carbocycles. The van der Waals surface area contributed by atoms with E-state index >= 15 is 0 Å². The van der Waals surface area contributed by atoms with Gasteiger partial charge in [-0.2, -0.15) is 4.73 Å². The van der Waals surface area contributed by atoms with Gasteiger partial charge >= 0.3 is 5.97 Å². The largest absolute Gasteiger partial charge is 0.462 e. The van der Waals surface area contributed by atoms with E-state index < -0.39 is 11.8 Å². The molecule has 7 heteroatoms. The Hall–Kier alpha value is -2.28. The van der Waals surface area contributed by atoms with Gasteiger partial charge in [0.05, 0.1) is 18.4 Å². The number of hydrogen-bond donors (Lipinski definition) is 0. The second kappa shape index (κ2) is 7.53. The zero-order valence-corrected chi connectivity index (χ0v) is 15.6. The fraction of sp³-hybridized carbons (Fsp3) is 0.294. The first kappa shape index (κ1) is 18.1. The van der Waals surface area contributed by atoms with Crippen LogP contribution in [0.1, 0.15) is 17.3 Å². The summed E-state index contributed by atoms with van der Waals surface area (Å²) in [6.07, 6.45) is 3.04. The number of para-hydroxylation sites is 1. The third-order valence-corrected chi connectivity index (χ3v) is 3.95. The van der Waals surface area contributed by atoms with E-state index in [1.54, 1.807) is 38.2 Å². The van der Waals surface area contributed by atoms with Gasteiger partial charge in [0.15, 0.2) is 0 Å². The minimum atomic E-state index is -0.649. The van der Waals surface area contributed by atoms with Crippen molar-refractivity contribution in [2.75, 3.05) is 27.8 Å². The molecule has 0 fully saturated rings. The van der Waals surface area contributed by atoms with Crippen molar-refractivity contribution in [2.45, 2.75) is 6.92 Å². The number of carbonyl (C=O) groups excluding carboxylic acids is 2. The van der Waals surface area contributed by atoms with Gasteiger partial charge in [-0.25, -0.2) is 4.79 Å². The van der Waals surface area contributed by atoms with E-state index in [2.05, 4.69) is 15.9 Å². The summed E-state index contributed by atoms with van der Waals surface area (Å²) in [6, 6.07) is 5.48. The van der Waals surface area contributed by atoms with Gasteiger partial charge < -0.3 is 14.5 Å². The summed E-state index contributed by atoms with van der Waals surface area (Å²) in [5.41, 5.74) is 1.06. The number of halogens is 1. The molecule has 2 aromatic rings. The summed E-state index contributed by atoms with van der Waals surface area (Å²) in [4.78, 5) is 32.1. The standard InChI is InChI=1S/C17H19BrN2O4/c1-5-24-17(22)13(9-19(2)3)16(21)12-10-20(23-4)15-11(12)7-6-8-14(15)18/h6-10H,5H2,1-4H3/b13-9+. The molecule has 0 atom stereocenters. The van der Waals surface area contributed by atoms with Gasteiger partial charge in [0, 0.05) is 30.2 Å². The number of benzene rings is 1. The summed E-state index contributed by atoms with van der Waals surface area (Å²) >= 11 is 3.46. The van der Waals surface area contributed by atoms with Crippen LogP contribution in [0.15, 0.2) is 40.6 Å². The summed E-state index contributed by atoms with van der Waals surface area (Å²) in [7, 11) is 4.98. The van der Waals surface area contributed by atoms with Crippen molar-refractivity contribution in [3.05, 3.63) is 46.2 Å². The van der Waals surface area contributed by atoms with Crippen molar-refractivity contribution in [3.63, 3.8) is 0 Å². The molecule has 0 spiro atoms. The van der Waals surface area contributed by atoms with E-state index in [0.717, 1.165) is 9.99 Å². The number of ketones is 1. The van der Waals surface area contributed by atoms with Crippen LogP contribution in [0.5, 0.6) is 0 Å². The van der Waals surface area contributed by atoms with Crippen molar-refractivity contribution < 1.29 is 19.2 Å². The highest BCUT2D eigenvalue weighted by Gasteiger charge is 2.26. The minimum Gasteiger partial charge on any atom is -0.462 e. The Morgan fingerprint density at radius 3 is 2.62 bits per heavy atom. The minimum absolute atomic E-state index is 0.0306. The van der Waals surface area contributed by atoms with E-state index in [1.165, 1.54) is 18.0 Å². The van der Waals surface area contributed by atoms with Crippen molar-refractivity contribution in [1.29, 1.82) is 0 Å². The summed E-state index contributed by atoms with van der Waals surface area (Å²) in [6.45, 7) is 1.89. The highest BCUT2D eigenvalue weighted by Crippen LogP contribution is 2.29. The molecule has 0 aliphatic heterocycles. The fourth-order valence-electron chi connectivity index (χ4n) is 2.35. The number of fused-ring (bicyclic) bond motifs is 1. The van der Waals surface area contributed by atoms with Crippen molar-refractivity contribution in [3.8, 4) is 0 Å². The molecule has 0 amide bonds. The average Bonchev–Trinajstić information content (AvgIpc) is 2.92. The van der Waals surface area contributed by atoms with E-state index in [4.69, 9.17) is 9.57 Å². The Morgan fingerprint density at radius 1 is 1.33 bits per heavy atom. The molecular formula is C17H19BrN2O4. The molecule has 0 unspecified atom stereocenters. The zero-order valence-electron chi connectivity index (χ0n) is 14.0. The molecule has 6 nitrogen and oxygen atoms in total. The predicted molar refractivity (Wildman–Crippen MR) is 94.9 cm³/mol. The number of nitrogens with zero attached hydrogens (tertiary/aromatic N) is 2. The SMILES string of the molecule is CCOC(=O)/C(=C/N(C)C)C(=O)c1cn(OC)c2c(Br)cccc12. The summed E-state index contributed by atoms with van der Waals surface area (Å²) in [5.74, 6) is -1.06. The van der Waals surface area contributed by atoms with Crippen molar-refractivity contribution in [1.82, 2.24) is 9.63 Å². The molecule has 0 bridgehead atoms. The third-order valence-electron chi connectivity index (χ3n) is 3.31. The lowest BCUT2D eigenvalue weighted by Crippen LogP contribution is -2.19. The number of ether oxygens (including phenoxy) is 1. The maximum Gasteiger partial charge on any atom is 0.343 e. The normalized spacial score (nSPS) is 11.5. The topological polar surface area (TPSA) is 60.8 Å². The Balaban J connectivity index is 2.61. The molecule has 1 aromatic heterocycles. The highest BCUT2D eigenvalue weighted by molar-refractivity contribution is 9.10. The molecule has 0 aliphatic rings. The van der Waals surface area contributed by atoms with Crippen LogP contribution in [0, 0.1) is 0 Å². The van der Waals surface area contributed by atoms with E-state index in [0.29, 0.717) is 10.9 Å². The molecule has 1 aromatic carbocycles. The van der Waals surface area contributed by atoms with Gasteiger partial charge in [0.2, 0.25) is 5.78 Å². The van der Waals surface area contributed by atoms with Crippen LogP contribution in [-0.2, 0) is 9.53 Å². The number of rotatable bonds is 6. The first-order chi connectivity index (χ1) is 11.4. The Labute approximate surface area is 148 Å². The molecule has 24 heavy (non-hydrogen) atoms. The lowest BCUT2D eigenvalue weighted by molar-refractivity contribution is -0.138. The first-order valence-corrected chi connectivity index (χ1v) is 8.14. The summed E-state index contributed by atoms with van der Waals surface area (Å²) < 4.78 is 7.29. The maximum absolute atomic E-state index is 13.0. The van der Waals surface area contributed by atoms with Crippen LogP contribution >= 0.6 is 15.9 Å². The smallest absolute Gasteiger partial charge is 0.343 e. The molecule has 1 heterocycles. The second-order valence-corrected chi connectivity index (χ2v) is 6.10. The first-order valence-electron chi connectivity index (χ1n) is 7.34. The van der Waals surface area contributed by atoms with Crippen LogP contribution in [0.2, 0.25) is 0 Å². The predicted octanol–water partition coefficient (Wildman–Crippen LogP) is 2.65. The fourth-order valence-corrected chi connectivity index (χ4v) is 2.89. The lowest BCUT2D eigenvalue weighted by Gasteiger charge is -2.10. The number of Topliss-reactive ketones (excluding diaryl/α,β-unsaturated/α-hetero) is 1. The van der Waals surface area contributed by atoms with Gasteiger partial charge in [0.1, 0.15) is 18.2 Å².